The highest BCUT2D eigenvalue weighted by Crippen LogP contribution is 2.34. The summed E-state index contributed by atoms with van der Waals surface area (Å²) in [6.07, 6.45) is -0.370. The minimum Gasteiger partial charge on any atom is -0.375 e. The molecule has 2 bridgehead atoms. The van der Waals surface area contributed by atoms with Crippen LogP contribution in [0.1, 0.15) is 12.5 Å². The highest BCUT2D eigenvalue weighted by atomic mass is 32.1. The van der Waals surface area contributed by atoms with E-state index >= 15 is 0 Å². The molecule has 2 saturated heterocycles. The Morgan fingerprint density at radius 1 is 1.05 bits per heavy atom. The Hall–Kier alpha value is -3.91. The third kappa shape index (κ3) is 4.31. The Kier molecular flexibility index (Phi) is 6.04. The minimum absolute atomic E-state index is 0.0515. The van der Waals surface area contributed by atoms with E-state index in [1.165, 1.54) is 4.68 Å². The van der Waals surface area contributed by atoms with Gasteiger partial charge in [-0.3, -0.25) is 5.43 Å². The summed E-state index contributed by atoms with van der Waals surface area (Å²) in [5.74, 6) is 6.85. The van der Waals surface area contributed by atoms with Crippen molar-refractivity contribution >= 4 is 35.3 Å². The second-order valence-electron chi connectivity index (χ2n) is 8.65. The van der Waals surface area contributed by atoms with E-state index in [1.807, 2.05) is 66.7 Å². The van der Waals surface area contributed by atoms with Gasteiger partial charge in [0.05, 0.1) is 29.7 Å². The number of fused-ring (bicyclic) bond motifs is 2. The first-order chi connectivity index (χ1) is 18.0. The number of thiocarbonyl (C=S) groups is 1. The molecule has 3 atom stereocenters. The van der Waals surface area contributed by atoms with E-state index < -0.39 is 6.29 Å². The van der Waals surface area contributed by atoms with Crippen molar-refractivity contribution in [1.82, 2.24) is 29.7 Å². The third-order valence-corrected chi connectivity index (χ3v) is 6.78. The molecule has 2 aromatic heterocycles. The van der Waals surface area contributed by atoms with Crippen LogP contribution in [0.15, 0.2) is 71.8 Å². The van der Waals surface area contributed by atoms with Crippen LogP contribution >= 0.6 is 24.4 Å². The molecule has 0 spiro atoms. The van der Waals surface area contributed by atoms with E-state index in [1.54, 1.807) is 9.36 Å². The minimum atomic E-state index is -0.569. The van der Waals surface area contributed by atoms with Gasteiger partial charge >= 0.3 is 0 Å². The second kappa shape index (κ2) is 9.52. The molecule has 0 saturated carbocycles. The summed E-state index contributed by atoms with van der Waals surface area (Å²) in [6, 6.07) is 21.6. The Balaban J connectivity index is 1.44. The van der Waals surface area contributed by atoms with Crippen molar-refractivity contribution in [3.05, 3.63) is 71.5 Å². The van der Waals surface area contributed by atoms with Crippen LogP contribution in [0, 0.1) is 4.77 Å². The van der Waals surface area contributed by atoms with Gasteiger partial charge in [-0.1, -0.05) is 60.7 Å². The summed E-state index contributed by atoms with van der Waals surface area (Å²) in [5.41, 5.74) is 12.3. The van der Waals surface area contributed by atoms with Gasteiger partial charge in [0.25, 0.3) is 5.95 Å². The number of nitrogen functional groups attached to an aromatic ring is 1. The summed E-state index contributed by atoms with van der Waals surface area (Å²) >= 11 is 10.6. The summed E-state index contributed by atoms with van der Waals surface area (Å²) < 4.78 is 16.8. The van der Waals surface area contributed by atoms with Crippen LogP contribution in [0.4, 0.5) is 0 Å². The summed E-state index contributed by atoms with van der Waals surface area (Å²) in [7, 11) is 0. The summed E-state index contributed by atoms with van der Waals surface area (Å²) in [4.78, 5) is 0. The number of nitrogens with zero attached hydrogens (tertiary/aromatic N) is 6. The monoisotopic (exact) mass is 533 g/mol. The van der Waals surface area contributed by atoms with E-state index in [2.05, 4.69) is 10.5 Å². The molecule has 0 radical (unpaired) electrons. The van der Waals surface area contributed by atoms with Crippen LogP contribution in [0.2, 0.25) is 0 Å². The molecule has 2 aliphatic rings. The molecular formula is C24H23N9O2S2. The van der Waals surface area contributed by atoms with Crippen LogP contribution in [-0.4, -0.2) is 54.1 Å². The fourth-order valence-corrected chi connectivity index (χ4v) is 4.85. The van der Waals surface area contributed by atoms with E-state index in [0.29, 0.717) is 29.5 Å². The predicted octanol–water partition coefficient (Wildman–Crippen LogP) is 2.52. The maximum atomic E-state index is 6.49. The maximum absolute atomic E-state index is 6.49. The molecule has 5 N–H and O–H groups in total. The molecule has 4 heterocycles. The topological polar surface area (TPSA) is 135 Å². The van der Waals surface area contributed by atoms with Crippen molar-refractivity contribution in [1.29, 1.82) is 0 Å². The van der Waals surface area contributed by atoms with Crippen LogP contribution < -0.4 is 17.0 Å². The number of ether oxygens (including phenoxy) is 2. The zero-order valence-corrected chi connectivity index (χ0v) is 21.1. The number of nitrogens with two attached hydrogens (primary N) is 2. The van der Waals surface area contributed by atoms with Crippen molar-refractivity contribution < 1.29 is 9.47 Å². The maximum Gasteiger partial charge on any atom is 0.270 e. The van der Waals surface area contributed by atoms with Gasteiger partial charge in [-0.15, -0.1) is 5.10 Å². The highest BCUT2D eigenvalue weighted by molar-refractivity contribution is 7.80. The quantitative estimate of drug-likeness (QED) is 0.201. The number of nitrogens with one attached hydrogen (secondary N) is 1. The average Bonchev–Trinajstić information content (AvgIpc) is 3.62. The normalized spacial score (nSPS) is 21.8. The summed E-state index contributed by atoms with van der Waals surface area (Å²) in [6.45, 7) is 0.366. The molecule has 0 aliphatic carbocycles. The Bertz CT molecular complexity index is 1550. The van der Waals surface area contributed by atoms with Crippen molar-refractivity contribution in [2.45, 2.75) is 24.9 Å². The van der Waals surface area contributed by atoms with Crippen LogP contribution in [-0.2, 0) is 9.47 Å². The van der Waals surface area contributed by atoms with Gasteiger partial charge in [0.15, 0.2) is 11.4 Å². The fraction of sp³-hybridized carbons (Fsp3) is 0.208. The van der Waals surface area contributed by atoms with Gasteiger partial charge in [0, 0.05) is 17.5 Å². The lowest BCUT2D eigenvalue weighted by Gasteiger charge is -2.28. The molecule has 6 rings (SSSR count). The number of hydrogen-bond acceptors (Lipinski definition) is 8. The molecule has 0 amide bonds. The first-order valence-corrected chi connectivity index (χ1v) is 12.4. The van der Waals surface area contributed by atoms with Crippen LogP contribution in [0.25, 0.3) is 28.5 Å². The molecule has 2 aromatic carbocycles. The standard InChI is InChI=1S/C24H23N9O2S2/c25-22(36)28-27-17-12-19(20-13-34-21(17)35-20)33-24(37)31(26)23(30-33)32-18(15-9-5-2-6-10-15)11-16(29-32)14-7-3-1-4-8-14/h1-11,19-21H,12-13,26H2,(H3,25,28,36)/b27-17+/t19-,20+,21+/m1/s1. The van der Waals surface area contributed by atoms with Crippen molar-refractivity contribution in [3.8, 4) is 28.5 Å². The smallest absolute Gasteiger partial charge is 0.270 e. The van der Waals surface area contributed by atoms with E-state index in [9.17, 15) is 0 Å². The zero-order chi connectivity index (χ0) is 25.5. The molecule has 188 valence electrons. The lowest BCUT2D eigenvalue weighted by atomic mass is 10.0. The number of hydrogen-bond donors (Lipinski definition) is 3. The second-order valence-corrected chi connectivity index (χ2v) is 9.45. The average molecular weight is 534 g/mol. The number of aromatic nitrogens is 5. The largest absolute Gasteiger partial charge is 0.375 e. The third-order valence-electron chi connectivity index (χ3n) is 6.31. The van der Waals surface area contributed by atoms with Gasteiger partial charge < -0.3 is 21.1 Å². The van der Waals surface area contributed by atoms with E-state index in [-0.39, 0.29) is 17.3 Å². The molecule has 2 fully saturated rings. The van der Waals surface area contributed by atoms with Crippen LogP contribution in [0.3, 0.4) is 0 Å². The number of rotatable bonds is 5. The van der Waals surface area contributed by atoms with Crippen molar-refractivity contribution in [3.63, 3.8) is 0 Å². The number of hydrazone groups is 1. The molecule has 11 nitrogen and oxygen atoms in total. The Labute approximate surface area is 222 Å². The molecule has 13 heteroatoms. The molecular weight excluding hydrogens is 510 g/mol. The Morgan fingerprint density at radius 3 is 2.46 bits per heavy atom. The van der Waals surface area contributed by atoms with Gasteiger partial charge in [-0.05, 0) is 30.5 Å². The molecule has 37 heavy (non-hydrogen) atoms. The highest BCUT2D eigenvalue weighted by Gasteiger charge is 2.44. The van der Waals surface area contributed by atoms with E-state index in [4.69, 9.17) is 55.7 Å². The van der Waals surface area contributed by atoms with Gasteiger partial charge in [0.1, 0.15) is 6.10 Å². The molecule has 0 unspecified atom stereocenters. The lowest BCUT2D eigenvalue weighted by molar-refractivity contribution is -0.0323. The SMILES string of the molecule is NC(=S)N/N=C1\C[C@@H](n2nc(-n3nc(-c4ccccc4)cc3-c3ccccc3)n(N)c2=S)[C@@H]2CO[C@H]1O2. The first kappa shape index (κ1) is 23.5. The van der Waals surface area contributed by atoms with Gasteiger partial charge in [0.2, 0.25) is 4.77 Å². The Morgan fingerprint density at radius 2 is 1.76 bits per heavy atom. The number of benzene rings is 2. The van der Waals surface area contributed by atoms with E-state index in [0.717, 1.165) is 22.5 Å². The lowest BCUT2D eigenvalue weighted by Crippen LogP contribution is -2.39. The van der Waals surface area contributed by atoms with Crippen molar-refractivity contribution in [2.24, 2.45) is 10.8 Å². The molecule has 2 aliphatic heterocycles. The predicted molar refractivity (Wildman–Crippen MR) is 145 cm³/mol. The summed E-state index contributed by atoms with van der Waals surface area (Å²) in [5, 5.41) is 14.0. The first-order valence-electron chi connectivity index (χ1n) is 11.6. The molecule has 4 aromatic rings. The van der Waals surface area contributed by atoms with Crippen LogP contribution in [0.5, 0.6) is 0 Å². The van der Waals surface area contributed by atoms with Gasteiger partial charge in [-0.25, -0.2) is 4.68 Å². The zero-order valence-electron chi connectivity index (χ0n) is 19.5. The van der Waals surface area contributed by atoms with Gasteiger partial charge in [-0.2, -0.15) is 19.6 Å². The van der Waals surface area contributed by atoms with Crippen molar-refractivity contribution in [2.75, 3.05) is 12.4 Å². The fourth-order valence-electron chi connectivity index (χ4n) is 4.55.